The molecule has 1 aliphatic rings. The molecule has 1 N–H and O–H groups in total. The Kier molecular flexibility index (Phi) is 2.25. The van der Waals surface area contributed by atoms with Gasteiger partial charge in [0.2, 0.25) is 0 Å². The zero-order valence-corrected chi connectivity index (χ0v) is 9.22. The van der Waals surface area contributed by atoms with Gasteiger partial charge in [-0.05, 0) is 23.3 Å². The highest BCUT2D eigenvalue weighted by Crippen LogP contribution is 2.33. The van der Waals surface area contributed by atoms with Crippen molar-refractivity contribution in [3.8, 4) is 5.75 Å². The Morgan fingerprint density at radius 3 is 2.88 bits per heavy atom. The van der Waals surface area contributed by atoms with E-state index in [1.807, 2.05) is 36.4 Å². The van der Waals surface area contributed by atoms with Crippen molar-refractivity contribution in [2.75, 3.05) is 6.61 Å². The second-order valence-electron chi connectivity index (χ2n) is 4.31. The van der Waals surface area contributed by atoms with E-state index in [9.17, 15) is 4.79 Å². The fraction of sp³-hybridized carbons (Fsp3) is 0.214. The molecule has 1 unspecified atom stereocenters. The highest BCUT2D eigenvalue weighted by Gasteiger charge is 2.26. The summed E-state index contributed by atoms with van der Waals surface area (Å²) in [4.78, 5) is 11.0. The van der Waals surface area contributed by atoms with E-state index in [0.29, 0.717) is 6.42 Å². The molecule has 0 bridgehead atoms. The van der Waals surface area contributed by atoms with Crippen LogP contribution in [-0.2, 0) is 11.2 Å². The van der Waals surface area contributed by atoms with Crippen LogP contribution < -0.4 is 4.74 Å². The molecule has 3 heteroatoms. The highest BCUT2D eigenvalue weighted by atomic mass is 16.5. The Bertz CT molecular complexity index is 589. The van der Waals surface area contributed by atoms with E-state index >= 15 is 0 Å². The van der Waals surface area contributed by atoms with Gasteiger partial charge in [-0.1, -0.05) is 30.3 Å². The van der Waals surface area contributed by atoms with Crippen molar-refractivity contribution in [2.24, 2.45) is 5.92 Å². The summed E-state index contributed by atoms with van der Waals surface area (Å²) >= 11 is 0. The van der Waals surface area contributed by atoms with Gasteiger partial charge in [0.1, 0.15) is 12.4 Å². The van der Waals surface area contributed by atoms with Crippen molar-refractivity contribution < 1.29 is 14.6 Å². The summed E-state index contributed by atoms with van der Waals surface area (Å²) in [6, 6.07) is 11.9. The topological polar surface area (TPSA) is 46.5 Å². The average molecular weight is 228 g/mol. The largest absolute Gasteiger partial charge is 0.492 e. The number of benzene rings is 2. The van der Waals surface area contributed by atoms with Crippen molar-refractivity contribution in [3.05, 3.63) is 42.0 Å². The molecule has 2 aromatic carbocycles. The zero-order chi connectivity index (χ0) is 11.8. The van der Waals surface area contributed by atoms with E-state index in [4.69, 9.17) is 9.84 Å². The van der Waals surface area contributed by atoms with Gasteiger partial charge in [0.15, 0.2) is 0 Å². The van der Waals surface area contributed by atoms with Gasteiger partial charge in [-0.3, -0.25) is 4.79 Å². The van der Waals surface area contributed by atoms with Crippen LogP contribution in [0.4, 0.5) is 0 Å². The summed E-state index contributed by atoms with van der Waals surface area (Å²) in [6.45, 7) is 0.265. The monoisotopic (exact) mass is 228 g/mol. The smallest absolute Gasteiger partial charge is 0.310 e. The molecule has 3 rings (SSSR count). The van der Waals surface area contributed by atoms with Gasteiger partial charge in [0.05, 0.1) is 5.92 Å². The van der Waals surface area contributed by atoms with Crippen molar-refractivity contribution in [1.29, 1.82) is 0 Å². The van der Waals surface area contributed by atoms with Crippen molar-refractivity contribution in [1.82, 2.24) is 0 Å². The number of carboxylic acid groups (broad SMARTS) is 1. The Labute approximate surface area is 98.6 Å². The predicted octanol–water partition coefficient (Wildman–Crippen LogP) is 2.48. The van der Waals surface area contributed by atoms with Gasteiger partial charge in [0, 0.05) is 5.56 Å². The molecule has 1 aliphatic heterocycles. The maximum Gasteiger partial charge on any atom is 0.310 e. The highest BCUT2D eigenvalue weighted by molar-refractivity contribution is 5.88. The van der Waals surface area contributed by atoms with E-state index in [0.717, 1.165) is 22.1 Å². The predicted molar refractivity (Wildman–Crippen MR) is 64.3 cm³/mol. The molecule has 86 valence electrons. The molecule has 0 radical (unpaired) electrons. The van der Waals surface area contributed by atoms with Gasteiger partial charge in [-0.2, -0.15) is 0 Å². The Morgan fingerprint density at radius 1 is 1.24 bits per heavy atom. The van der Waals surface area contributed by atoms with Gasteiger partial charge in [0.25, 0.3) is 0 Å². The lowest BCUT2D eigenvalue weighted by Gasteiger charge is -2.23. The Hall–Kier alpha value is -2.03. The van der Waals surface area contributed by atoms with Gasteiger partial charge < -0.3 is 9.84 Å². The van der Waals surface area contributed by atoms with E-state index in [1.165, 1.54) is 0 Å². The number of carboxylic acids is 1. The fourth-order valence-electron chi connectivity index (χ4n) is 2.32. The standard InChI is InChI=1S/C14H12O3/c15-14(16)10-7-12-11-4-2-1-3-9(11)5-6-13(12)17-8-10/h1-6,10H,7-8H2,(H,15,16). The van der Waals surface area contributed by atoms with Gasteiger partial charge in [-0.25, -0.2) is 0 Å². The van der Waals surface area contributed by atoms with Crippen LogP contribution in [0.5, 0.6) is 5.75 Å². The maximum absolute atomic E-state index is 11.0. The normalized spacial score (nSPS) is 18.5. The minimum Gasteiger partial charge on any atom is -0.492 e. The van der Waals surface area contributed by atoms with Crippen molar-refractivity contribution in [2.45, 2.75) is 6.42 Å². The number of aliphatic carboxylic acids is 1. The summed E-state index contributed by atoms with van der Waals surface area (Å²) in [5, 5.41) is 11.3. The van der Waals surface area contributed by atoms with Crippen LogP contribution in [0.2, 0.25) is 0 Å². The third-order valence-corrected chi connectivity index (χ3v) is 3.24. The van der Waals surface area contributed by atoms with E-state index in [-0.39, 0.29) is 6.61 Å². The molecule has 1 heterocycles. The van der Waals surface area contributed by atoms with Crippen LogP contribution in [0.3, 0.4) is 0 Å². The molecule has 2 aromatic rings. The zero-order valence-electron chi connectivity index (χ0n) is 9.22. The molecular weight excluding hydrogens is 216 g/mol. The van der Waals surface area contributed by atoms with Crippen LogP contribution in [-0.4, -0.2) is 17.7 Å². The molecule has 0 fully saturated rings. The minimum absolute atomic E-state index is 0.265. The molecule has 17 heavy (non-hydrogen) atoms. The Morgan fingerprint density at radius 2 is 2.06 bits per heavy atom. The number of fused-ring (bicyclic) bond motifs is 3. The van der Waals surface area contributed by atoms with E-state index in [1.54, 1.807) is 0 Å². The molecule has 0 aromatic heterocycles. The third-order valence-electron chi connectivity index (χ3n) is 3.24. The quantitative estimate of drug-likeness (QED) is 0.815. The number of carbonyl (C=O) groups is 1. The second kappa shape index (κ2) is 3.77. The lowest BCUT2D eigenvalue weighted by atomic mass is 9.92. The van der Waals surface area contributed by atoms with E-state index < -0.39 is 11.9 Å². The first kappa shape index (κ1) is 10.1. The SMILES string of the molecule is O=C(O)C1COc2ccc3ccccc3c2C1. The van der Waals surface area contributed by atoms with Gasteiger partial charge in [-0.15, -0.1) is 0 Å². The van der Waals surface area contributed by atoms with Crippen molar-refractivity contribution in [3.63, 3.8) is 0 Å². The van der Waals surface area contributed by atoms with E-state index in [2.05, 4.69) is 0 Å². The summed E-state index contributed by atoms with van der Waals surface area (Å²) in [5.74, 6) is -0.405. The Balaban J connectivity index is 2.15. The molecular formula is C14H12O3. The molecule has 0 spiro atoms. The molecule has 0 saturated carbocycles. The first-order valence-electron chi connectivity index (χ1n) is 5.62. The number of hydrogen-bond acceptors (Lipinski definition) is 2. The summed E-state index contributed by atoms with van der Waals surface area (Å²) in [6.07, 6.45) is 0.548. The molecule has 0 amide bonds. The van der Waals surface area contributed by atoms with Gasteiger partial charge >= 0.3 is 5.97 Å². The first-order valence-corrected chi connectivity index (χ1v) is 5.62. The number of rotatable bonds is 1. The average Bonchev–Trinajstić information content (AvgIpc) is 2.38. The molecule has 0 aliphatic carbocycles. The first-order chi connectivity index (χ1) is 8.25. The number of ether oxygens (including phenoxy) is 1. The van der Waals surface area contributed by atoms with Crippen molar-refractivity contribution >= 4 is 16.7 Å². The second-order valence-corrected chi connectivity index (χ2v) is 4.31. The van der Waals surface area contributed by atoms with Crippen LogP contribution in [0.1, 0.15) is 5.56 Å². The third kappa shape index (κ3) is 1.64. The fourth-order valence-corrected chi connectivity index (χ4v) is 2.32. The molecule has 3 nitrogen and oxygen atoms in total. The summed E-state index contributed by atoms with van der Waals surface area (Å²) in [7, 11) is 0. The summed E-state index contributed by atoms with van der Waals surface area (Å²) in [5.41, 5.74) is 1.02. The summed E-state index contributed by atoms with van der Waals surface area (Å²) < 4.78 is 5.52. The van der Waals surface area contributed by atoms with Crippen LogP contribution in [0, 0.1) is 5.92 Å². The molecule has 0 saturated heterocycles. The lowest BCUT2D eigenvalue weighted by Crippen LogP contribution is -2.27. The molecule has 1 atom stereocenters. The van der Waals surface area contributed by atoms with Crippen LogP contribution in [0.25, 0.3) is 10.8 Å². The van der Waals surface area contributed by atoms with Crippen LogP contribution >= 0.6 is 0 Å². The maximum atomic E-state index is 11.0. The minimum atomic E-state index is -0.788. The number of hydrogen-bond donors (Lipinski definition) is 1. The van der Waals surface area contributed by atoms with Crippen LogP contribution in [0.15, 0.2) is 36.4 Å². The lowest BCUT2D eigenvalue weighted by molar-refractivity contribution is -0.143.